The zero-order valence-electron chi connectivity index (χ0n) is 10.2. The molecule has 0 amide bonds. The Morgan fingerprint density at radius 2 is 1.94 bits per heavy atom. The molecule has 0 saturated carbocycles. The number of hydrogen-bond acceptors (Lipinski definition) is 2. The van der Waals surface area contributed by atoms with Gasteiger partial charge in [-0.2, -0.15) is 0 Å². The fourth-order valence-electron chi connectivity index (χ4n) is 1.87. The Balaban J connectivity index is 2.38. The highest BCUT2D eigenvalue weighted by molar-refractivity contribution is 14.1. The standard InChI is InChI=1S/C14H14ClIN2/c1-9-3-4-11(8-18-9)14(17-2)10-5-6-13(16)12(15)7-10/h3-8,14,17H,1-2H3. The van der Waals surface area contributed by atoms with E-state index in [0.29, 0.717) is 0 Å². The maximum Gasteiger partial charge on any atom is 0.0590 e. The van der Waals surface area contributed by atoms with Crippen molar-refractivity contribution < 1.29 is 0 Å². The second kappa shape index (κ2) is 5.99. The van der Waals surface area contributed by atoms with E-state index in [0.717, 1.165) is 25.4 Å². The Morgan fingerprint density at radius 1 is 1.22 bits per heavy atom. The van der Waals surface area contributed by atoms with E-state index in [1.807, 2.05) is 38.4 Å². The molecule has 94 valence electrons. The first-order valence-electron chi connectivity index (χ1n) is 5.66. The maximum absolute atomic E-state index is 6.18. The van der Waals surface area contributed by atoms with Gasteiger partial charge in [0.2, 0.25) is 0 Å². The first-order chi connectivity index (χ1) is 8.61. The molecule has 0 aliphatic heterocycles. The molecular formula is C14H14ClIN2. The first-order valence-corrected chi connectivity index (χ1v) is 7.12. The lowest BCUT2D eigenvalue weighted by Gasteiger charge is -2.17. The van der Waals surface area contributed by atoms with Crippen LogP contribution >= 0.6 is 34.2 Å². The molecule has 1 aromatic heterocycles. The van der Waals surface area contributed by atoms with Gasteiger partial charge in [0.1, 0.15) is 0 Å². The summed E-state index contributed by atoms with van der Waals surface area (Å²) in [6.07, 6.45) is 1.91. The number of pyridine rings is 1. The summed E-state index contributed by atoms with van der Waals surface area (Å²) in [7, 11) is 1.94. The third-order valence-corrected chi connectivity index (χ3v) is 4.41. The van der Waals surface area contributed by atoms with Crippen molar-refractivity contribution in [2.24, 2.45) is 0 Å². The summed E-state index contributed by atoms with van der Waals surface area (Å²) >= 11 is 8.41. The van der Waals surface area contributed by atoms with E-state index in [9.17, 15) is 0 Å². The highest BCUT2D eigenvalue weighted by Crippen LogP contribution is 2.26. The van der Waals surface area contributed by atoms with Crippen molar-refractivity contribution in [3.8, 4) is 0 Å². The van der Waals surface area contributed by atoms with Gasteiger partial charge in [0.05, 0.1) is 11.1 Å². The van der Waals surface area contributed by atoms with E-state index >= 15 is 0 Å². The van der Waals surface area contributed by atoms with Crippen LogP contribution in [-0.4, -0.2) is 12.0 Å². The molecule has 0 spiro atoms. The number of benzene rings is 1. The fraction of sp³-hybridized carbons (Fsp3) is 0.214. The summed E-state index contributed by atoms with van der Waals surface area (Å²) in [6.45, 7) is 1.99. The summed E-state index contributed by atoms with van der Waals surface area (Å²) < 4.78 is 1.06. The lowest BCUT2D eigenvalue weighted by atomic mass is 10.0. The third-order valence-electron chi connectivity index (χ3n) is 2.83. The number of hydrogen-bond donors (Lipinski definition) is 1. The molecule has 0 fully saturated rings. The largest absolute Gasteiger partial charge is 0.309 e. The van der Waals surface area contributed by atoms with Crippen LogP contribution in [0.4, 0.5) is 0 Å². The van der Waals surface area contributed by atoms with E-state index in [1.54, 1.807) is 0 Å². The number of nitrogens with one attached hydrogen (secondary N) is 1. The molecule has 0 saturated heterocycles. The Kier molecular flexibility index (Phi) is 4.59. The first kappa shape index (κ1) is 13.8. The van der Waals surface area contributed by atoms with Crippen LogP contribution in [0.5, 0.6) is 0 Å². The minimum Gasteiger partial charge on any atom is -0.309 e. The van der Waals surface area contributed by atoms with Gasteiger partial charge in [0.25, 0.3) is 0 Å². The van der Waals surface area contributed by atoms with Crippen LogP contribution in [0.3, 0.4) is 0 Å². The number of rotatable bonds is 3. The molecule has 4 heteroatoms. The number of halogens is 2. The summed E-state index contributed by atoms with van der Waals surface area (Å²) in [4.78, 5) is 4.34. The van der Waals surface area contributed by atoms with Crippen LogP contribution in [0.2, 0.25) is 5.02 Å². The Hall–Kier alpha value is -0.650. The minimum absolute atomic E-state index is 0.118. The lowest BCUT2D eigenvalue weighted by molar-refractivity contribution is 0.688. The molecule has 18 heavy (non-hydrogen) atoms. The predicted molar refractivity (Wildman–Crippen MR) is 84.0 cm³/mol. The van der Waals surface area contributed by atoms with Crippen LogP contribution in [0, 0.1) is 10.5 Å². The number of aryl methyl sites for hydroxylation is 1. The highest BCUT2D eigenvalue weighted by Gasteiger charge is 2.13. The second-order valence-corrected chi connectivity index (χ2v) is 5.70. The maximum atomic E-state index is 6.18. The third kappa shape index (κ3) is 3.02. The molecule has 1 atom stereocenters. The quantitative estimate of drug-likeness (QED) is 0.825. The topological polar surface area (TPSA) is 24.9 Å². The molecule has 2 nitrogen and oxygen atoms in total. The monoisotopic (exact) mass is 372 g/mol. The second-order valence-electron chi connectivity index (χ2n) is 4.13. The van der Waals surface area contributed by atoms with Crippen molar-refractivity contribution in [1.82, 2.24) is 10.3 Å². The molecule has 1 heterocycles. The van der Waals surface area contributed by atoms with E-state index in [2.05, 4.69) is 45.0 Å². The Bertz CT molecular complexity index is 540. The van der Waals surface area contributed by atoms with Gasteiger partial charge < -0.3 is 5.32 Å². The van der Waals surface area contributed by atoms with Gasteiger partial charge in [-0.15, -0.1) is 0 Å². The van der Waals surface area contributed by atoms with Gasteiger partial charge >= 0.3 is 0 Å². The fourth-order valence-corrected chi connectivity index (χ4v) is 2.39. The van der Waals surface area contributed by atoms with Crippen LogP contribution < -0.4 is 5.32 Å². The molecule has 2 aromatic rings. The van der Waals surface area contributed by atoms with E-state index in [-0.39, 0.29) is 6.04 Å². The van der Waals surface area contributed by atoms with Gasteiger partial charge in [0.15, 0.2) is 0 Å². The van der Waals surface area contributed by atoms with Gasteiger partial charge in [-0.3, -0.25) is 4.98 Å². The molecule has 2 rings (SSSR count). The molecule has 1 aromatic carbocycles. The van der Waals surface area contributed by atoms with Gasteiger partial charge in [-0.1, -0.05) is 23.7 Å². The van der Waals surface area contributed by atoms with Crippen molar-refractivity contribution in [2.45, 2.75) is 13.0 Å². The lowest BCUT2D eigenvalue weighted by Crippen LogP contribution is -2.18. The number of aromatic nitrogens is 1. The van der Waals surface area contributed by atoms with Crippen molar-refractivity contribution in [3.63, 3.8) is 0 Å². The van der Waals surface area contributed by atoms with Crippen molar-refractivity contribution in [1.29, 1.82) is 0 Å². The van der Waals surface area contributed by atoms with E-state index < -0.39 is 0 Å². The normalized spacial score (nSPS) is 12.4. The zero-order valence-corrected chi connectivity index (χ0v) is 13.2. The van der Waals surface area contributed by atoms with Gasteiger partial charge in [-0.05, 0) is 65.9 Å². The molecule has 1 unspecified atom stereocenters. The van der Waals surface area contributed by atoms with Gasteiger partial charge in [0, 0.05) is 15.5 Å². The summed E-state index contributed by atoms with van der Waals surface area (Å²) in [5.41, 5.74) is 3.31. The summed E-state index contributed by atoms with van der Waals surface area (Å²) in [5, 5.41) is 4.09. The van der Waals surface area contributed by atoms with Gasteiger partial charge in [-0.25, -0.2) is 0 Å². The molecular weight excluding hydrogens is 359 g/mol. The predicted octanol–water partition coefficient (Wildman–Crippen LogP) is 3.96. The average Bonchev–Trinajstić information content (AvgIpc) is 2.37. The van der Waals surface area contributed by atoms with Crippen molar-refractivity contribution in [2.75, 3.05) is 7.05 Å². The van der Waals surface area contributed by atoms with Crippen LogP contribution in [0.1, 0.15) is 22.9 Å². The van der Waals surface area contributed by atoms with Crippen LogP contribution in [0.15, 0.2) is 36.5 Å². The molecule has 0 aliphatic rings. The number of nitrogens with zero attached hydrogens (tertiary/aromatic N) is 1. The van der Waals surface area contributed by atoms with Crippen molar-refractivity contribution in [3.05, 3.63) is 61.9 Å². The smallest absolute Gasteiger partial charge is 0.0590 e. The van der Waals surface area contributed by atoms with Crippen LogP contribution in [0.25, 0.3) is 0 Å². The Labute approximate surface area is 126 Å². The van der Waals surface area contributed by atoms with Crippen molar-refractivity contribution >= 4 is 34.2 Å². The van der Waals surface area contributed by atoms with E-state index in [4.69, 9.17) is 11.6 Å². The minimum atomic E-state index is 0.118. The summed E-state index contributed by atoms with van der Waals surface area (Å²) in [5.74, 6) is 0. The zero-order chi connectivity index (χ0) is 13.1. The SMILES string of the molecule is CNC(c1ccc(C)nc1)c1ccc(I)c(Cl)c1. The average molecular weight is 373 g/mol. The molecule has 0 bridgehead atoms. The Morgan fingerprint density at radius 3 is 2.50 bits per heavy atom. The molecule has 1 N–H and O–H groups in total. The molecule has 0 aliphatic carbocycles. The molecule has 0 radical (unpaired) electrons. The summed E-state index contributed by atoms with van der Waals surface area (Å²) in [6, 6.07) is 10.4. The highest BCUT2D eigenvalue weighted by atomic mass is 127. The van der Waals surface area contributed by atoms with E-state index in [1.165, 1.54) is 0 Å². The van der Waals surface area contributed by atoms with Crippen LogP contribution in [-0.2, 0) is 0 Å².